The largest absolute Gasteiger partial charge is 0.454 e. The van der Waals surface area contributed by atoms with E-state index in [0.29, 0.717) is 23.1 Å². The summed E-state index contributed by atoms with van der Waals surface area (Å²) in [6, 6.07) is 5.60. The molecule has 8 heteroatoms. The van der Waals surface area contributed by atoms with Crippen molar-refractivity contribution in [3.8, 4) is 11.5 Å². The van der Waals surface area contributed by atoms with Gasteiger partial charge in [-0.05, 0) is 61.6 Å². The molecule has 0 amide bonds. The third kappa shape index (κ3) is 4.93. The Kier molecular flexibility index (Phi) is 7.12. The van der Waals surface area contributed by atoms with Crippen LogP contribution in [0.2, 0.25) is 0 Å². The highest BCUT2D eigenvalue weighted by Gasteiger charge is 2.23. The third-order valence-electron chi connectivity index (χ3n) is 4.32. The summed E-state index contributed by atoms with van der Waals surface area (Å²) in [7, 11) is -4.10. The van der Waals surface area contributed by atoms with E-state index in [2.05, 4.69) is 0 Å². The Hall–Kier alpha value is -1.79. The van der Waals surface area contributed by atoms with Crippen molar-refractivity contribution in [3.05, 3.63) is 52.6 Å². The van der Waals surface area contributed by atoms with Crippen LogP contribution in [0, 0.1) is 25.5 Å². The molecule has 0 fully saturated rings. The highest BCUT2D eigenvalue weighted by molar-refractivity contribution is 7.63. The number of hydrogen-bond acceptors (Lipinski definition) is 3. The Morgan fingerprint density at radius 3 is 2.30 bits per heavy atom. The van der Waals surface area contributed by atoms with E-state index in [0.717, 1.165) is 19.3 Å². The topological polar surface area (TPSA) is 78.8 Å². The van der Waals surface area contributed by atoms with Gasteiger partial charge in [-0.2, -0.15) is 4.39 Å². The first-order chi connectivity index (χ1) is 12.7. The standard InChI is InChI=1S/C19H24F2NO4P/c1-4-5-6-7-14-8-9-16(18(21)17(14)20)26-19-12(2)10-15(11-13(19)3)27(24,25)22-23/h8-11,23H,4-7H2,1-3H3,(H2,22,24,25). The predicted octanol–water partition coefficient (Wildman–Crippen LogP) is 4.90. The van der Waals surface area contributed by atoms with Crippen molar-refractivity contribution in [1.82, 2.24) is 5.25 Å². The minimum atomic E-state index is -4.10. The molecule has 0 saturated carbocycles. The molecule has 0 aliphatic carbocycles. The summed E-state index contributed by atoms with van der Waals surface area (Å²) in [6.45, 7) is 5.25. The summed E-state index contributed by atoms with van der Waals surface area (Å²) in [4.78, 5) is 9.67. The fourth-order valence-corrected chi connectivity index (χ4v) is 3.69. The molecule has 2 aromatic carbocycles. The van der Waals surface area contributed by atoms with E-state index in [-0.39, 0.29) is 16.8 Å². The second kappa shape index (κ2) is 8.93. The Morgan fingerprint density at radius 1 is 1.11 bits per heavy atom. The normalized spacial score (nSPS) is 13.4. The summed E-state index contributed by atoms with van der Waals surface area (Å²) in [5, 5.41) is 10.2. The van der Waals surface area contributed by atoms with Crippen LogP contribution in [0.15, 0.2) is 24.3 Å². The minimum Gasteiger partial charge on any atom is -0.454 e. The molecule has 1 unspecified atom stereocenters. The smallest absolute Gasteiger partial charge is 0.319 e. The Bertz CT molecular complexity index is 850. The summed E-state index contributed by atoms with van der Waals surface area (Å²) in [5.74, 6) is -1.97. The van der Waals surface area contributed by atoms with E-state index in [1.54, 1.807) is 13.8 Å². The number of hydrogen-bond donors (Lipinski definition) is 3. The molecule has 0 aliphatic heterocycles. The molecule has 3 N–H and O–H groups in total. The summed E-state index contributed by atoms with van der Waals surface area (Å²) < 4.78 is 46.1. The van der Waals surface area contributed by atoms with Gasteiger partial charge >= 0.3 is 7.52 Å². The molecule has 1 atom stereocenters. The highest BCUT2D eigenvalue weighted by atomic mass is 31.2. The summed E-state index contributed by atoms with van der Waals surface area (Å²) in [5.41, 5.74) is 1.20. The summed E-state index contributed by atoms with van der Waals surface area (Å²) in [6.07, 6.45) is 3.18. The van der Waals surface area contributed by atoms with Crippen LogP contribution in [0.5, 0.6) is 11.5 Å². The van der Waals surface area contributed by atoms with Crippen molar-refractivity contribution in [2.45, 2.75) is 46.5 Å². The molecular weight excluding hydrogens is 375 g/mol. The zero-order valence-electron chi connectivity index (χ0n) is 15.6. The van der Waals surface area contributed by atoms with Gasteiger partial charge in [0.2, 0.25) is 5.82 Å². The average Bonchev–Trinajstić information content (AvgIpc) is 2.63. The molecule has 0 saturated heterocycles. The molecular formula is C19H24F2NO4P. The van der Waals surface area contributed by atoms with Gasteiger partial charge in [0.25, 0.3) is 0 Å². The maximum atomic E-state index is 14.4. The predicted molar refractivity (Wildman–Crippen MR) is 100.0 cm³/mol. The fourth-order valence-electron chi connectivity index (χ4n) is 2.84. The lowest BCUT2D eigenvalue weighted by Gasteiger charge is -2.17. The van der Waals surface area contributed by atoms with Crippen LogP contribution in [-0.4, -0.2) is 10.1 Å². The third-order valence-corrected chi connectivity index (χ3v) is 5.55. The van der Waals surface area contributed by atoms with Crippen LogP contribution in [0.25, 0.3) is 0 Å². The van der Waals surface area contributed by atoms with Crippen LogP contribution >= 0.6 is 7.52 Å². The lowest BCUT2D eigenvalue weighted by Crippen LogP contribution is -2.16. The van der Waals surface area contributed by atoms with Gasteiger partial charge in [-0.1, -0.05) is 25.8 Å². The first-order valence-corrected chi connectivity index (χ1v) is 10.4. The number of halogens is 2. The number of aryl methyl sites for hydroxylation is 3. The second-order valence-corrected chi connectivity index (χ2v) is 8.36. The van der Waals surface area contributed by atoms with Gasteiger partial charge in [-0.3, -0.25) is 4.57 Å². The van der Waals surface area contributed by atoms with Crippen LogP contribution in [0.3, 0.4) is 0 Å². The lowest BCUT2D eigenvalue weighted by molar-refractivity contribution is 0.226. The Balaban J connectivity index is 2.32. The molecule has 148 valence electrons. The monoisotopic (exact) mass is 399 g/mol. The molecule has 0 aliphatic rings. The first kappa shape index (κ1) is 21.5. The van der Waals surface area contributed by atoms with E-state index in [4.69, 9.17) is 9.94 Å². The molecule has 5 nitrogen and oxygen atoms in total. The maximum absolute atomic E-state index is 14.4. The minimum absolute atomic E-state index is 0.0229. The van der Waals surface area contributed by atoms with Crippen molar-refractivity contribution in [2.75, 3.05) is 0 Å². The zero-order valence-corrected chi connectivity index (χ0v) is 16.4. The SMILES string of the molecule is CCCCCc1ccc(Oc2c(C)cc(P(=O)(O)NO)cc2C)c(F)c1F. The average molecular weight is 399 g/mol. The Labute approximate surface area is 157 Å². The number of benzene rings is 2. The fraction of sp³-hybridized carbons (Fsp3) is 0.368. The Morgan fingerprint density at radius 2 is 1.74 bits per heavy atom. The molecule has 2 aromatic rings. The molecule has 0 aromatic heterocycles. The molecule has 0 heterocycles. The molecule has 0 spiro atoms. The van der Waals surface area contributed by atoms with Crippen molar-refractivity contribution < 1.29 is 28.2 Å². The van der Waals surface area contributed by atoms with Gasteiger partial charge in [0.1, 0.15) is 5.75 Å². The van der Waals surface area contributed by atoms with Crippen LogP contribution in [0.1, 0.15) is 42.9 Å². The van der Waals surface area contributed by atoms with Crippen LogP contribution < -0.4 is 15.3 Å². The van der Waals surface area contributed by atoms with E-state index in [9.17, 15) is 18.2 Å². The van der Waals surface area contributed by atoms with E-state index < -0.39 is 19.2 Å². The molecule has 0 bridgehead atoms. The quantitative estimate of drug-likeness (QED) is 0.334. The van der Waals surface area contributed by atoms with Crippen LogP contribution in [0.4, 0.5) is 8.78 Å². The first-order valence-electron chi connectivity index (χ1n) is 8.72. The second-order valence-electron chi connectivity index (χ2n) is 6.49. The van der Waals surface area contributed by atoms with Crippen molar-refractivity contribution >= 4 is 12.8 Å². The van der Waals surface area contributed by atoms with Gasteiger partial charge < -0.3 is 14.8 Å². The molecule has 0 radical (unpaired) electrons. The van der Waals surface area contributed by atoms with Gasteiger partial charge in [-0.25, -0.2) is 4.39 Å². The lowest BCUT2D eigenvalue weighted by atomic mass is 10.1. The maximum Gasteiger partial charge on any atom is 0.319 e. The van der Waals surface area contributed by atoms with Crippen LogP contribution in [-0.2, 0) is 11.0 Å². The number of unbranched alkanes of at least 4 members (excludes halogenated alkanes) is 2. The van der Waals surface area contributed by atoms with Gasteiger partial charge in [-0.15, -0.1) is 5.25 Å². The van der Waals surface area contributed by atoms with E-state index in [1.165, 1.54) is 29.5 Å². The van der Waals surface area contributed by atoms with E-state index >= 15 is 0 Å². The van der Waals surface area contributed by atoms with E-state index in [1.807, 2.05) is 6.92 Å². The molecule has 2 rings (SSSR count). The molecule has 27 heavy (non-hydrogen) atoms. The highest BCUT2D eigenvalue weighted by Crippen LogP contribution is 2.37. The van der Waals surface area contributed by atoms with Gasteiger partial charge in [0.05, 0.1) is 5.30 Å². The summed E-state index contributed by atoms with van der Waals surface area (Å²) >= 11 is 0. The van der Waals surface area contributed by atoms with Gasteiger partial charge in [0.15, 0.2) is 11.6 Å². The van der Waals surface area contributed by atoms with Crippen molar-refractivity contribution in [1.29, 1.82) is 0 Å². The van der Waals surface area contributed by atoms with Gasteiger partial charge in [0, 0.05) is 0 Å². The number of ether oxygens (including phenoxy) is 1. The number of rotatable bonds is 8. The number of nitrogens with one attached hydrogen (secondary N) is 1. The van der Waals surface area contributed by atoms with Crippen molar-refractivity contribution in [2.24, 2.45) is 0 Å². The van der Waals surface area contributed by atoms with Crippen molar-refractivity contribution in [3.63, 3.8) is 0 Å². The zero-order chi connectivity index (χ0) is 20.2.